The molecule has 0 aliphatic rings. The number of hydroxylamine groups is 1. The van der Waals surface area contributed by atoms with Gasteiger partial charge in [-0.1, -0.05) is 18.2 Å². The molecule has 21 heavy (non-hydrogen) atoms. The summed E-state index contributed by atoms with van der Waals surface area (Å²) in [6, 6.07) is 6.99. The minimum absolute atomic E-state index is 0.0815. The third-order valence-electron chi connectivity index (χ3n) is 3.18. The van der Waals surface area contributed by atoms with Crippen molar-refractivity contribution >= 4 is 18.7 Å². The van der Waals surface area contributed by atoms with Gasteiger partial charge in [0.2, 0.25) is 0 Å². The zero-order chi connectivity index (χ0) is 16.2. The number of benzene rings is 1. The molecule has 1 aromatic rings. The van der Waals surface area contributed by atoms with E-state index in [-0.39, 0.29) is 13.1 Å². The van der Waals surface area contributed by atoms with Crippen molar-refractivity contribution in [2.45, 2.75) is 12.8 Å². The molecule has 0 aliphatic carbocycles. The van der Waals surface area contributed by atoms with Crippen LogP contribution in [0.25, 0.3) is 0 Å². The van der Waals surface area contributed by atoms with Crippen molar-refractivity contribution in [1.82, 2.24) is 4.90 Å². The first-order valence-electron chi connectivity index (χ1n) is 6.61. The van der Waals surface area contributed by atoms with Gasteiger partial charge in [0.15, 0.2) is 0 Å². The zero-order valence-corrected chi connectivity index (χ0v) is 13.7. The van der Waals surface area contributed by atoms with Crippen LogP contribution in [0.1, 0.15) is 5.56 Å². The molecule has 0 radical (unpaired) electrons. The molecule has 1 unspecified atom stereocenters. The van der Waals surface area contributed by atoms with E-state index in [9.17, 15) is 19.7 Å². The van der Waals surface area contributed by atoms with Crippen LogP contribution < -0.4 is 5.06 Å². The fraction of sp³-hybridized carbons (Fsp3) is 0.500. The fourth-order valence-electron chi connectivity index (χ4n) is 1.77. The normalized spacial score (nSPS) is 13.3. The lowest BCUT2D eigenvalue weighted by Crippen LogP contribution is -2.40. The Hall–Kier alpha value is -1.20. The first kappa shape index (κ1) is 17.9. The van der Waals surface area contributed by atoms with Crippen LogP contribution in [0.2, 0.25) is 0 Å². The second-order valence-electron chi connectivity index (χ2n) is 5.60. The lowest BCUT2D eigenvalue weighted by atomic mass is 10.2. The molecule has 6 nitrogen and oxygen atoms in total. The highest BCUT2D eigenvalue weighted by Crippen LogP contribution is 2.40. The SMILES string of the molecule is Cc1ccccc1N(O)C(=O)CN(C)CC(O)P(C)(C)=O. The van der Waals surface area contributed by atoms with Crippen molar-refractivity contribution in [2.24, 2.45) is 0 Å². The summed E-state index contributed by atoms with van der Waals surface area (Å²) in [5.41, 5.74) is 1.20. The number of nitrogens with zero attached hydrogens (tertiary/aromatic N) is 2. The number of hydrogen-bond acceptors (Lipinski definition) is 5. The van der Waals surface area contributed by atoms with Crippen LogP contribution in [-0.4, -0.2) is 60.4 Å². The third-order valence-corrected chi connectivity index (χ3v) is 4.78. The molecule has 1 aromatic carbocycles. The average Bonchev–Trinajstić information content (AvgIpc) is 2.37. The summed E-state index contributed by atoms with van der Waals surface area (Å²) in [6.07, 6.45) is 0. The van der Waals surface area contributed by atoms with Gasteiger partial charge in [-0.15, -0.1) is 0 Å². The number of amides is 1. The number of carbonyl (C=O) groups excluding carboxylic acids is 1. The molecule has 0 saturated carbocycles. The van der Waals surface area contributed by atoms with Gasteiger partial charge in [0.1, 0.15) is 13.0 Å². The summed E-state index contributed by atoms with van der Waals surface area (Å²) in [5, 5.41) is 20.3. The Kier molecular flexibility index (Phi) is 6.10. The van der Waals surface area contributed by atoms with Gasteiger partial charge in [-0.3, -0.25) is 14.9 Å². The topological polar surface area (TPSA) is 81.1 Å². The Morgan fingerprint density at radius 1 is 1.33 bits per heavy atom. The van der Waals surface area contributed by atoms with Gasteiger partial charge in [0.05, 0.1) is 12.2 Å². The van der Waals surface area contributed by atoms with Crippen LogP contribution in [0.4, 0.5) is 5.69 Å². The molecule has 0 bridgehead atoms. The number of aliphatic hydroxyl groups excluding tert-OH is 1. The van der Waals surface area contributed by atoms with Crippen molar-refractivity contribution in [3.05, 3.63) is 29.8 Å². The number of aliphatic hydroxyl groups is 1. The fourth-order valence-corrected chi connectivity index (χ4v) is 2.45. The highest BCUT2D eigenvalue weighted by atomic mass is 31.2. The largest absolute Gasteiger partial charge is 0.384 e. The van der Waals surface area contributed by atoms with Crippen molar-refractivity contribution in [1.29, 1.82) is 0 Å². The smallest absolute Gasteiger partial charge is 0.264 e. The number of likely N-dealkylation sites (N-methyl/N-ethyl adjacent to an activating group) is 1. The molecule has 1 atom stereocenters. The minimum atomic E-state index is -2.62. The molecule has 0 fully saturated rings. The maximum Gasteiger partial charge on any atom is 0.264 e. The Labute approximate surface area is 125 Å². The summed E-state index contributed by atoms with van der Waals surface area (Å²) >= 11 is 0. The molecule has 0 aromatic heterocycles. The first-order chi connectivity index (χ1) is 9.62. The van der Waals surface area contributed by atoms with Crippen LogP contribution >= 0.6 is 7.14 Å². The summed E-state index contributed by atoms with van der Waals surface area (Å²) in [5.74, 6) is -1.50. The van der Waals surface area contributed by atoms with E-state index in [4.69, 9.17) is 0 Å². The van der Waals surface area contributed by atoms with Gasteiger partial charge >= 0.3 is 0 Å². The highest BCUT2D eigenvalue weighted by molar-refractivity contribution is 7.62. The van der Waals surface area contributed by atoms with Crippen LogP contribution in [0.15, 0.2) is 24.3 Å². The van der Waals surface area contributed by atoms with E-state index in [1.54, 1.807) is 32.2 Å². The summed E-state index contributed by atoms with van der Waals surface area (Å²) < 4.78 is 11.7. The monoisotopic (exact) mass is 314 g/mol. The number of aryl methyl sites for hydroxylation is 1. The highest BCUT2D eigenvalue weighted by Gasteiger charge is 2.24. The van der Waals surface area contributed by atoms with Gasteiger partial charge in [0.25, 0.3) is 5.91 Å². The number of anilines is 1. The van der Waals surface area contributed by atoms with Crippen LogP contribution in [0.5, 0.6) is 0 Å². The van der Waals surface area contributed by atoms with E-state index < -0.39 is 18.9 Å². The molecule has 0 spiro atoms. The van der Waals surface area contributed by atoms with Crippen LogP contribution in [-0.2, 0) is 9.36 Å². The van der Waals surface area contributed by atoms with Crippen LogP contribution in [0, 0.1) is 6.92 Å². The predicted octanol–water partition coefficient (Wildman–Crippen LogP) is 1.59. The van der Waals surface area contributed by atoms with Gasteiger partial charge in [0, 0.05) is 6.54 Å². The standard InChI is InChI=1S/C14H23N2O4P/c1-11-7-5-6-8-12(11)16(19)13(17)9-15(2)10-14(18)21(3,4)20/h5-8,14,18-19H,9-10H2,1-4H3. The average molecular weight is 314 g/mol. The summed E-state index contributed by atoms with van der Waals surface area (Å²) in [7, 11) is -0.990. The number of carbonyl (C=O) groups is 1. The van der Waals surface area contributed by atoms with Crippen molar-refractivity contribution in [3.63, 3.8) is 0 Å². The summed E-state index contributed by atoms with van der Waals surface area (Å²) in [4.78, 5) is 13.6. The zero-order valence-electron chi connectivity index (χ0n) is 12.9. The molecule has 1 amide bonds. The second-order valence-corrected chi connectivity index (χ2v) is 9.07. The molecule has 118 valence electrons. The predicted molar refractivity (Wildman–Crippen MR) is 83.4 cm³/mol. The maximum absolute atomic E-state index is 12.0. The number of para-hydroxylation sites is 1. The lowest BCUT2D eigenvalue weighted by Gasteiger charge is -2.24. The Morgan fingerprint density at radius 3 is 2.43 bits per heavy atom. The molecule has 7 heteroatoms. The van der Waals surface area contributed by atoms with Crippen molar-refractivity contribution in [3.8, 4) is 0 Å². The lowest BCUT2D eigenvalue weighted by molar-refractivity contribution is -0.124. The Balaban J connectivity index is 2.65. The third kappa shape index (κ3) is 5.25. The number of hydrogen-bond donors (Lipinski definition) is 2. The molecular formula is C14H23N2O4P. The van der Waals surface area contributed by atoms with E-state index in [2.05, 4.69) is 0 Å². The minimum Gasteiger partial charge on any atom is -0.384 e. The van der Waals surface area contributed by atoms with E-state index in [1.807, 2.05) is 6.07 Å². The van der Waals surface area contributed by atoms with Crippen LogP contribution in [0.3, 0.4) is 0 Å². The van der Waals surface area contributed by atoms with Gasteiger partial charge in [-0.2, -0.15) is 5.06 Å². The van der Waals surface area contributed by atoms with E-state index in [0.717, 1.165) is 5.56 Å². The molecule has 0 aliphatic heterocycles. The Morgan fingerprint density at radius 2 is 1.90 bits per heavy atom. The van der Waals surface area contributed by atoms with E-state index >= 15 is 0 Å². The van der Waals surface area contributed by atoms with Crippen molar-refractivity contribution in [2.75, 3.05) is 38.5 Å². The summed E-state index contributed by atoms with van der Waals surface area (Å²) in [6.45, 7) is 4.82. The first-order valence-corrected chi connectivity index (χ1v) is 9.28. The van der Waals surface area contributed by atoms with E-state index in [1.165, 1.54) is 18.2 Å². The van der Waals surface area contributed by atoms with Crippen molar-refractivity contribution < 1.29 is 19.7 Å². The second kappa shape index (κ2) is 7.18. The molecule has 2 N–H and O–H groups in total. The molecular weight excluding hydrogens is 291 g/mol. The Bertz CT molecular complexity index is 544. The quantitative estimate of drug-likeness (QED) is 0.473. The van der Waals surface area contributed by atoms with E-state index in [0.29, 0.717) is 10.8 Å². The molecule has 0 heterocycles. The molecule has 0 saturated heterocycles. The molecule has 1 rings (SSSR count). The van der Waals surface area contributed by atoms with Gasteiger partial charge in [-0.05, 0) is 38.9 Å². The van der Waals surface area contributed by atoms with Gasteiger partial charge < -0.3 is 9.67 Å². The maximum atomic E-state index is 12.0. The number of rotatable bonds is 6. The van der Waals surface area contributed by atoms with Gasteiger partial charge in [-0.25, -0.2) is 0 Å².